The largest absolute Gasteiger partial charge is 0.493 e. The van der Waals surface area contributed by atoms with Gasteiger partial charge in [-0.1, -0.05) is 6.92 Å². The van der Waals surface area contributed by atoms with Crippen molar-refractivity contribution in [2.75, 3.05) is 59.7 Å². The molecule has 0 radical (unpaired) electrons. The third-order valence-corrected chi connectivity index (χ3v) is 6.99. The number of rotatable bonds is 6. The molecule has 8 heteroatoms. The fraction of sp³-hybridized carbons (Fsp3) is 0.667. The van der Waals surface area contributed by atoms with E-state index < -0.39 is 0 Å². The maximum Gasteiger partial charge on any atom is 0.193 e. The van der Waals surface area contributed by atoms with E-state index in [1.165, 1.54) is 23.3 Å². The first-order valence-electron chi connectivity index (χ1n) is 10.2. The highest BCUT2D eigenvalue weighted by atomic mass is 127. The second-order valence-electron chi connectivity index (χ2n) is 7.32. The van der Waals surface area contributed by atoms with Crippen LogP contribution in [-0.4, -0.2) is 80.8 Å². The average Bonchev–Trinajstić information content (AvgIpc) is 2.75. The molecule has 0 saturated carbocycles. The highest BCUT2D eigenvalue weighted by molar-refractivity contribution is 14.0. The molecule has 164 valence electrons. The fourth-order valence-electron chi connectivity index (χ4n) is 3.95. The number of guanidine groups is 1. The van der Waals surface area contributed by atoms with E-state index in [1.807, 2.05) is 7.05 Å². The van der Waals surface area contributed by atoms with Gasteiger partial charge in [-0.05, 0) is 36.1 Å². The van der Waals surface area contributed by atoms with Crippen LogP contribution < -0.4 is 14.8 Å². The first kappa shape index (κ1) is 24.4. The van der Waals surface area contributed by atoms with Gasteiger partial charge in [0.1, 0.15) is 0 Å². The predicted molar refractivity (Wildman–Crippen MR) is 133 cm³/mol. The average molecular weight is 535 g/mol. The molecule has 1 aromatic rings. The zero-order valence-electron chi connectivity index (χ0n) is 18.1. The third kappa shape index (κ3) is 6.30. The van der Waals surface area contributed by atoms with E-state index in [2.05, 4.69) is 50.9 Å². The predicted octanol–water partition coefficient (Wildman–Crippen LogP) is 3.08. The van der Waals surface area contributed by atoms with Crippen molar-refractivity contribution in [3.63, 3.8) is 0 Å². The summed E-state index contributed by atoms with van der Waals surface area (Å²) >= 11 is 2.09. The first-order chi connectivity index (χ1) is 13.7. The molecule has 0 bridgehead atoms. The molecule has 6 nitrogen and oxygen atoms in total. The number of thioether (sulfide) groups is 1. The summed E-state index contributed by atoms with van der Waals surface area (Å²) in [5, 5.41) is 4.30. The van der Waals surface area contributed by atoms with Crippen molar-refractivity contribution in [2.45, 2.75) is 31.6 Å². The van der Waals surface area contributed by atoms with Crippen LogP contribution in [0.4, 0.5) is 0 Å². The van der Waals surface area contributed by atoms with Crippen molar-refractivity contribution >= 4 is 41.7 Å². The molecule has 1 N–H and O–H groups in total. The second kappa shape index (κ2) is 12.1. The van der Waals surface area contributed by atoms with Crippen molar-refractivity contribution in [2.24, 2.45) is 4.99 Å². The van der Waals surface area contributed by atoms with Crippen LogP contribution in [0.25, 0.3) is 0 Å². The van der Waals surface area contributed by atoms with Crippen LogP contribution in [0.5, 0.6) is 11.5 Å². The van der Waals surface area contributed by atoms with Crippen molar-refractivity contribution in [1.29, 1.82) is 0 Å². The lowest BCUT2D eigenvalue weighted by Gasteiger charge is -2.35. The number of ether oxygens (including phenoxy) is 2. The van der Waals surface area contributed by atoms with Gasteiger partial charge in [0, 0.05) is 57.3 Å². The maximum atomic E-state index is 5.47. The molecule has 1 atom stereocenters. The number of nitrogens with zero attached hydrogens (tertiary/aromatic N) is 3. The minimum absolute atomic E-state index is 0. The van der Waals surface area contributed by atoms with E-state index in [4.69, 9.17) is 9.47 Å². The molecular formula is C21H35IN4O2S. The Morgan fingerprint density at radius 2 is 1.93 bits per heavy atom. The molecule has 1 aromatic carbocycles. The van der Waals surface area contributed by atoms with Gasteiger partial charge in [0.15, 0.2) is 17.5 Å². The maximum absolute atomic E-state index is 5.47. The monoisotopic (exact) mass is 534 g/mol. The Balaban J connectivity index is 0.00000300. The van der Waals surface area contributed by atoms with Gasteiger partial charge in [-0.2, -0.15) is 11.8 Å². The molecule has 0 aromatic heterocycles. The van der Waals surface area contributed by atoms with Crippen molar-refractivity contribution in [3.05, 3.63) is 23.3 Å². The van der Waals surface area contributed by atoms with Crippen LogP contribution in [0, 0.1) is 0 Å². The zero-order chi connectivity index (χ0) is 19.9. The van der Waals surface area contributed by atoms with Crippen molar-refractivity contribution < 1.29 is 9.47 Å². The number of aliphatic imine (C=N–C) groups is 1. The number of methoxy groups -OCH3 is 2. The molecule has 1 fully saturated rings. The molecule has 29 heavy (non-hydrogen) atoms. The summed E-state index contributed by atoms with van der Waals surface area (Å²) in [6, 6.07) is 4.26. The summed E-state index contributed by atoms with van der Waals surface area (Å²) in [5.41, 5.74) is 2.71. The Morgan fingerprint density at radius 1 is 1.21 bits per heavy atom. The Kier molecular flexibility index (Phi) is 10.2. The molecular weight excluding hydrogens is 499 g/mol. The molecule has 2 aliphatic rings. The molecule has 0 spiro atoms. The lowest BCUT2D eigenvalue weighted by atomic mass is 9.99. The number of halogens is 1. The van der Waals surface area contributed by atoms with Gasteiger partial charge < -0.3 is 19.7 Å². The van der Waals surface area contributed by atoms with E-state index in [0.29, 0.717) is 0 Å². The van der Waals surface area contributed by atoms with Gasteiger partial charge in [0.05, 0.1) is 14.2 Å². The molecule has 2 heterocycles. The van der Waals surface area contributed by atoms with Crippen LogP contribution in [-0.2, 0) is 13.0 Å². The molecule has 1 unspecified atom stereocenters. The summed E-state index contributed by atoms with van der Waals surface area (Å²) < 4.78 is 10.9. The van der Waals surface area contributed by atoms with Crippen molar-refractivity contribution in [3.8, 4) is 11.5 Å². The minimum Gasteiger partial charge on any atom is -0.493 e. The number of fused-ring (bicyclic) bond motifs is 1. The quantitative estimate of drug-likeness (QED) is 0.344. The number of nitrogens with one attached hydrogen (secondary N) is 1. The smallest absolute Gasteiger partial charge is 0.193 e. The van der Waals surface area contributed by atoms with E-state index >= 15 is 0 Å². The Bertz CT molecular complexity index is 689. The normalized spacial score (nSPS) is 19.9. The topological polar surface area (TPSA) is 49.3 Å². The summed E-state index contributed by atoms with van der Waals surface area (Å²) in [4.78, 5) is 9.42. The molecule has 2 aliphatic heterocycles. The summed E-state index contributed by atoms with van der Waals surface area (Å²) in [6.07, 6.45) is 2.27. The van der Waals surface area contributed by atoms with E-state index in [1.54, 1.807) is 14.2 Å². The van der Waals surface area contributed by atoms with Crippen LogP contribution in [0.3, 0.4) is 0 Å². The van der Waals surface area contributed by atoms with Crippen LogP contribution in [0.15, 0.2) is 17.1 Å². The highest BCUT2D eigenvalue weighted by Crippen LogP contribution is 2.33. The molecule has 1 saturated heterocycles. The standard InChI is InChI=1S/C21H34N4O2S.HI/c1-5-18-15-25(10-11-28-18)21(22-2)23-7-9-24-8-6-16-12-19(26-3)20(27-4)13-17(16)14-24;/h12-13,18H,5-11,14-15H2,1-4H3,(H,22,23);1H. The second-order valence-corrected chi connectivity index (χ2v) is 8.73. The summed E-state index contributed by atoms with van der Waals surface area (Å²) in [5.74, 6) is 3.87. The zero-order valence-corrected chi connectivity index (χ0v) is 21.2. The number of hydrogen-bond donors (Lipinski definition) is 1. The van der Waals surface area contributed by atoms with Crippen LogP contribution >= 0.6 is 35.7 Å². The Hall–Kier alpha value is -0.870. The van der Waals surface area contributed by atoms with Gasteiger partial charge >= 0.3 is 0 Å². The number of benzene rings is 1. The third-order valence-electron chi connectivity index (χ3n) is 5.61. The lowest BCUT2D eigenvalue weighted by Crippen LogP contribution is -2.49. The Morgan fingerprint density at radius 3 is 2.59 bits per heavy atom. The van der Waals surface area contributed by atoms with Crippen LogP contribution in [0.1, 0.15) is 24.5 Å². The molecule has 0 amide bonds. The van der Waals surface area contributed by atoms with Gasteiger partial charge in [0.2, 0.25) is 0 Å². The highest BCUT2D eigenvalue weighted by Gasteiger charge is 2.22. The summed E-state index contributed by atoms with van der Waals surface area (Å²) in [6.45, 7) is 8.40. The number of hydrogen-bond acceptors (Lipinski definition) is 5. The van der Waals surface area contributed by atoms with Gasteiger partial charge in [-0.15, -0.1) is 24.0 Å². The van der Waals surface area contributed by atoms with Gasteiger partial charge in [-0.25, -0.2) is 0 Å². The van der Waals surface area contributed by atoms with E-state index in [0.717, 1.165) is 68.4 Å². The fourth-order valence-corrected chi connectivity index (χ4v) is 5.13. The Labute approximate surface area is 196 Å². The van der Waals surface area contributed by atoms with Gasteiger partial charge in [-0.3, -0.25) is 9.89 Å². The van der Waals surface area contributed by atoms with E-state index in [9.17, 15) is 0 Å². The van der Waals surface area contributed by atoms with Crippen molar-refractivity contribution in [1.82, 2.24) is 15.1 Å². The first-order valence-corrected chi connectivity index (χ1v) is 11.3. The van der Waals surface area contributed by atoms with Crippen LogP contribution in [0.2, 0.25) is 0 Å². The SMILES string of the molecule is CCC1CN(C(=NC)NCCN2CCc3cc(OC)c(OC)cc3C2)CCS1.I. The lowest BCUT2D eigenvalue weighted by molar-refractivity contribution is 0.255. The minimum atomic E-state index is 0. The summed E-state index contributed by atoms with van der Waals surface area (Å²) in [7, 11) is 5.28. The van der Waals surface area contributed by atoms with Gasteiger partial charge in [0.25, 0.3) is 0 Å². The van der Waals surface area contributed by atoms with E-state index in [-0.39, 0.29) is 24.0 Å². The molecule has 3 rings (SSSR count). The molecule has 0 aliphatic carbocycles.